The van der Waals surface area contributed by atoms with E-state index in [4.69, 9.17) is 4.42 Å². The van der Waals surface area contributed by atoms with Crippen LogP contribution in [0.5, 0.6) is 0 Å². The normalized spacial score (nSPS) is 21.7. The van der Waals surface area contributed by atoms with Crippen molar-refractivity contribution in [1.82, 2.24) is 14.9 Å². The number of hydrogen-bond acceptors (Lipinski definition) is 6. The van der Waals surface area contributed by atoms with Gasteiger partial charge in [0, 0.05) is 34.5 Å². The van der Waals surface area contributed by atoms with Crippen molar-refractivity contribution >= 4 is 33.4 Å². The number of fused-ring (bicyclic) bond motifs is 2. The van der Waals surface area contributed by atoms with Crippen LogP contribution in [-0.2, 0) is 6.42 Å². The van der Waals surface area contributed by atoms with Crippen LogP contribution in [0.2, 0.25) is 0 Å². The largest absolute Gasteiger partial charge is 0.460 e. The van der Waals surface area contributed by atoms with Crippen molar-refractivity contribution in [3.63, 3.8) is 0 Å². The fourth-order valence-corrected chi connectivity index (χ4v) is 5.70. The van der Waals surface area contributed by atoms with Crippen LogP contribution in [0.25, 0.3) is 27.6 Å². The zero-order valence-electron chi connectivity index (χ0n) is 17.4. The van der Waals surface area contributed by atoms with Crippen LogP contribution in [0.3, 0.4) is 0 Å². The summed E-state index contributed by atoms with van der Waals surface area (Å²) < 4.78 is 6.29. The lowest BCUT2D eigenvalue weighted by atomic mass is 9.90. The predicted octanol–water partition coefficient (Wildman–Crippen LogP) is 5.50. The van der Waals surface area contributed by atoms with Gasteiger partial charge in [-0.25, -0.2) is 9.97 Å². The molecule has 3 aromatic heterocycles. The van der Waals surface area contributed by atoms with Gasteiger partial charge in [0.25, 0.3) is 0 Å². The molecule has 0 spiro atoms. The Balaban J connectivity index is 1.49. The number of allylic oxidation sites excluding steroid dienone is 1. The van der Waals surface area contributed by atoms with E-state index < -0.39 is 0 Å². The Morgan fingerprint density at radius 1 is 1.17 bits per heavy atom. The van der Waals surface area contributed by atoms with Crippen molar-refractivity contribution < 1.29 is 4.42 Å². The summed E-state index contributed by atoms with van der Waals surface area (Å²) in [7, 11) is 4.37. The number of hydrogen-bond donors (Lipinski definition) is 1. The predicted molar refractivity (Wildman–Crippen MR) is 121 cm³/mol. The molecule has 0 aromatic carbocycles. The molecule has 2 aliphatic rings. The summed E-state index contributed by atoms with van der Waals surface area (Å²) in [6.45, 7) is 2.16. The summed E-state index contributed by atoms with van der Waals surface area (Å²) >= 11 is 1.72. The summed E-state index contributed by atoms with van der Waals surface area (Å²) in [4.78, 5) is 13.8. The van der Waals surface area contributed by atoms with Gasteiger partial charge in [-0.05, 0) is 59.2 Å². The first-order valence-electron chi connectivity index (χ1n) is 10.6. The molecule has 1 saturated carbocycles. The van der Waals surface area contributed by atoms with E-state index in [1.165, 1.54) is 36.1 Å². The third kappa shape index (κ3) is 3.49. The van der Waals surface area contributed by atoms with E-state index in [9.17, 15) is 0 Å². The van der Waals surface area contributed by atoms with Gasteiger partial charge in [0.1, 0.15) is 28.5 Å². The van der Waals surface area contributed by atoms with Gasteiger partial charge in [-0.3, -0.25) is 0 Å². The monoisotopic (exact) mass is 408 g/mol. The van der Waals surface area contributed by atoms with Gasteiger partial charge in [0.2, 0.25) is 0 Å². The average Bonchev–Trinajstić information content (AvgIpc) is 3.28. The summed E-state index contributed by atoms with van der Waals surface area (Å²) in [5.74, 6) is 2.99. The highest BCUT2D eigenvalue weighted by molar-refractivity contribution is 7.19. The Bertz CT molecular complexity index is 1060. The fraction of sp³-hybridized carbons (Fsp3) is 0.478. The van der Waals surface area contributed by atoms with Crippen molar-refractivity contribution in [3.05, 3.63) is 34.7 Å². The third-order valence-electron chi connectivity index (χ3n) is 6.36. The van der Waals surface area contributed by atoms with Crippen molar-refractivity contribution in [2.75, 3.05) is 19.4 Å². The fourth-order valence-electron chi connectivity index (χ4n) is 4.71. The molecule has 29 heavy (non-hydrogen) atoms. The molecule has 0 bridgehead atoms. The molecule has 5 nitrogen and oxygen atoms in total. The molecule has 0 atom stereocenters. The Hall–Kier alpha value is -2.18. The first-order chi connectivity index (χ1) is 14.1. The second-order valence-electron chi connectivity index (χ2n) is 8.48. The Kier molecular flexibility index (Phi) is 4.92. The lowest BCUT2D eigenvalue weighted by Gasteiger charge is -2.33. The molecule has 3 aromatic rings. The van der Waals surface area contributed by atoms with Crippen LogP contribution in [0, 0.1) is 6.92 Å². The lowest BCUT2D eigenvalue weighted by Crippen LogP contribution is -2.36. The van der Waals surface area contributed by atoms with Crippen molar-refractivity contribution in [2.45, 2.75) is 57.5 Å². The number of nitrogens with zero attached hydrogens (tertiary/aromatic N) is 3. The van der Waals surface area contributed by atoms with E-state index in [-0.39, 0.29) is 0 Å². The average molecular weight is 409 g/mol. The number of thiophene rings is 1. The van der Waals surface area contributed by atoms with Crippen LogP contribution >= 0.6 is 11.3 Å². The highest BCUT2D eigenvalue weighted by Gasteiger charge is 2.25. The molecule has 3 heterocycles. The van der Waals surface area contributed by atoms with E-state index in [0.717, 1.165) is 46.0 Å². The zero-order chi connectivity index (χ0) is 20.0. The molecule has 1 N–H and O–H groups in total. The number of aromatic nitrogens is 2. The molecule has 0 aliphatic heterocycles. The highest BCUT2D eigenvalue weighted by atomic mass is 32.1. The zero-order valence-corrected chi connectivity index (χ0v) is 18.2. The summed E-state index contributed by atoms with van der Waals surface area (Å²) in [6.07, 6.45) is 12.9. The quantitative estimate of drug-likeness (QED) is 0.617. The second-order valence-corrected chi connectivity index (χ2v) is 9.68. The van der Waals surface area contributed by atoms with Gasteiger partial charge in [0.15, 0.2) is 0 Å². The number of nitrogens with one attached hydrogen (secondary N) is 1. The van der Waals surface area contributed by atoms with Crippen molar-refractivity contribution in [3.8, 4) is 11.3 Å². The molecule has 0 saturated heterocycles. The van der Waals surface area contributed by atoms with Gasteiger partial charge in [-0.2, -0.15) is 0 Å². The lowest BCUT2D eigenvalue weighted by molar-refractivity contribution is 0.221. The SMILES string of the molecule is Cc1sc2ncnc(N[C@H]3CC[C@H](N(C)C)CC3)c2c1-c1cc2c(o1)CCC=C2. The maximum atomic E-state index is 6.29. The molecule has 0 radical (unpaired) electrons. The first-order valence-corrected chi connectivity index (χ1v) is 11.4. The smallest absolute Gasteiger partial charge is 0.139 e. The second kappa shape index (κ2) is 7.58. The summed E-state index contributed by atoms with van der Waals surface area (Å²) in [6, 6.07) is 3.34. The van der Waals surface area contributed by atoms with Crippen molar-refractivity contribution in [1.29, 1.82) is 0 Å². The number of furan rings is 1. The molecular formula is C23H28N4OS. The van der Waals surface area contributed by atoms with E-state index in [1.54, 1.807) is 17.7 Å². The van der Waals surface area contributed by atoms with E-state index in [1.807, 2.05) is 0 Å². The van der Waals surface area contributed by atoms with Crippen molar-refractivity contribution in [2.24, 2.45) is 0 Å². The molecular weight excluding hydrogens is 380 g/mol. The number of rotatable bonds is 4. The van der Waals surface area contributed by atoms with Gasteiger partial charge in [0.05, 0.1) is 5.39 Å². The van der Waals surface area contributed by atoms with Gasteiger partial charge in [-0.15, -0.1) is 11.3 Å². The van der Waals surface area contributed by atoms with Crippen LogP contribution < -0.4 is 5.32 Å². The molecule has 152 valence electrons. The minimum Gasteiger partial charge on any atom is -0.460 e. The molecule has 0 unspecified atom stereocenters. The number of anilines is 1. The molecule has 0 amide bonds. The van der Waals surface area contributed by atoms with Gasteiger partial charge < -0.3 is 14.6 Å². The van der Waals surface area contributed by atoms with E-state index >= 15 is 0 Å². The minimum atomic E-state index is 0.463. The van der Waals surface area contributed by atoms with E-state index in [2.05, 4.69) is 59.4 Å². The molecule has 6 heteroatoms. The van der Waals surface area contributed by atoms with Crippen LogP contribution in [0.15, 0.2) is 22.9 Å². The minimum absolute atomic E-state index is 0.463. The standard InChI is InChI=1S/C23H28N4OS/c1-14-20(19-12-15-6-4-5-7-18(15)28-19)21-22(24-13-25-23(21)29-14)26-16-8-10-17(11-9-16)27(2)3/h4,6,12-13,16-17H,5,7-11H2,1-3H3,(H,24,25,26)/t16-,17-. The summed E-state index contributed by atoms with van der Waals surface area (Å²) in [5, 5.41) is 4.86. The Morgan fingerprint density at radius 2 is 2.00 bits per heavy atom. The molecule has 5 rings (SSSR count). The maximum Gasteiger partial charge on any atom is 0.139 e. The van der Waals surface area contributed by atoms with E-state index in [0.29, 0.717) is 12.1 Å². The highest BCUT2D eigenvalue weighted by Crippen LogP contribution is 2.43. The van der Waals surface area contributed by atoms with Crippen LogP contribution in [0.4, 0.5) is 5.82 Å². The molecule has 2 aliphatic carbocycles. The maximum absolute atomic E-state index is 6.29. The van der Waals surface area contributed by atoms with Gasteiger partial charge in [-0.1, -0.05) is 12.2 Å². The van der Waals surface area contributed by atoms with Crippen LogP contribution in [-0.4, -0.2) is 41.0 Å². The third-order valence-corrected chi connectivity index (χ3v) is 7.37. The summed E-state index contributed by atoms with van der Waals surface area (Å²) in [5.41, 5.74) is 2.36. The Labute approximate surface area is 175 Å². The van der Waals surface area contributed by atoms with Crippen LogP contribution in [0.1, 0.15) is 48.3 Å². The molecule has 1 fully saturated rings. The Morgan fingerprint density at radius 3 is 2.76 bits per heavy atom. The topological polar surface area (TPSA) is 54.2 Å². The number of aryl methyl sites for hydroxylation is 2. The van der Waals surface area contributed by atoms with Gasteiger partial charge >= 0.3 is 0 Å². The first kappa shape index (κ1) is 18.8.